The van der Waals surface area contributed by atoms with Gasteiger partial charge < -0.3 is 19.8 Å². The Morgan fingerprint density at radius 1 is 1.17 bits per heavy atom. The van der Waals surface area contributed by atoms with Crippen LogP contribution in [0.5, 0.6) is 11.5 Å². The monoisotopic (exact) mass is 411 g/mol. The molecule has 150 valence electrons. The third kappa shape index (κ3) is 5.61. The van der Waals surface area contributed by atoms with Gasteiger partial charge in [-0.05, 0) is 43.3 Å². The van der Waals surface area contributed by atoms with Gasteiger partial charge in [-0.2, -0.15) is 0 Å². The summed E-state index contributed by atoms with van der Waals surface area (Å²) < 4.78 is 10.7. The molecule has 0 radical (unpaired) electrons. The fraction of sp³-hybridized carbons (Fsp3) is 0.190. The minimum atomic E-state index is -0.282. The molecule has 1 aromatic heterocycles. The van der Waals surface area contributed by atoms with Crippen molar-refractivity contribution in [2.24, 2.45) is 0 Å². The van der Waals surface area contributed by atoms with Crippen molar-refractivity contribution in [3.8, 4) is 22.8 Å². The normalized spacial score (nSPS) is 10.4. The molecule has 7 nitrogen and oxygen atoms in total. The van der Waals surface area contributed by atoms with Crippen LogP contribution in [0, 0.1) is 0 Å². The summed E-state index contributed by atoms with van der Waals surface area (Å²) in [7, 11) is 1.59. The molecule has 2 aromatic carbocycles. The SMILES string of the molecule is CCOc1ccccc1NC(=O)CSc1nc(-c2ccc(OC)cc2)cc(=O)[nH]1. The number of thioether (sulfide) groups is 1. The van der Waals surface area contributed by atoms with E-state index in [2.05, 4.69) is 15.3 Å². The number of benzene rings is 2. The second kappa shape index (κ2) is 9.79. The molecule has 1 heterocycles. The molecule has 0 saturated heterocycles. The van der Waals surface area contributed by atoms with Crippen LogP contribution in [0.3, 0.4) is 0 Å². The number of anilines is 1. The van der Waals surface area contributed by atoms with Crippen LogP contribution in [-0.2, 0) is 4.79 Å². The Morgan fingerprint density at radius 2 is 1.93 bits per heavy atom. The Balaban J connectivity index is 1.68. The third-order valence-electron chi connectivity index (χ3n) is 3.91. The third-order valence-corrected chi connectivity index (χ3v) is 4.78. The van der Waals surface area contributed by atoms with Crippen molar-refractivity contribution in [1.82, 2.24) is 9.97 Å². The summed E-state index contributed by atoms with van der Waals surface area (Å²) in [6.07, 6.45) is 0. The number of carbonyl (C=O) groups is 1. The minimum absolute atomic E-state index is 0.0927. The number of aromatic amines is 1. The van der Waals surface area contributed by atoms with E-state index in [0.717, 1.165) is 23.1 Å². The first-order valence-corrected chi connectivity index (χ1v) is 9.98. The number of carbonyl (C=O) groups excluding carboxylic acids is 1. The smallest absolute Gasteiger partial charge is 0.252 e. The van der Waals surface area contributed by atoms with Crippen molar-refractivity contribution in [2.45, 2.75) is 12.1 Å². The van der Waals surface area contributed by atoms with E-state index in [0.29, 0.717) is 28.9 Å². The number of nitrogens with one attached hydrogen (secondary N) is 2. The highest BCUT2D eigenvalue weighted by molar-refractivity contribution is 7.99. The Morgan fingerprint density at radius 3 is 2.66 bits per heavy atom. The molecule has 2 N–H and O–H groups in total. The van der Waals surface area contributed by atoms with E-state index in [1.54, 1.807) is 31.4 Å². The maximum absolute atomic E-state index is 12.3. The molecule has 0 atom stereocenters. The Labute approximate surface area is 172 Å². The number of rotatable bonds is 8. The molecule has 0 fully saturated rings. The average Bonchev–Trinajstić information content (AvgIpc) is 2.73. The number of methoxy groups -OCH3 is 1. The van der Waals surface area contributed by atoms with Gasteiger partial charge in [-0.1, -0.05) is 23.9 Å². The molecular formula is C21H21N3O4S. The highest BCUT2D eigenvalue weighted by Gasteiger charge is 2.10. The summed E-state index contributed by atoms with van der Waals surface area (Å²) >= 11 is 1.15. The van der Waals surface area contributed by atoms with Crippen molar-refractivity contribution >= 4 is 23.4 Å². The molecule has 0 unspecified atom stereocenters. The maximum Gasteiger partial charge on any atom is 0.252 e. The van der Waals surface area contributed by atoms with E-state index >= 15 is 0 Å². The zero-order chi connectivity index (χ0) is 20.6. The van der Waals surface area contributed by atoms with Gasteiger partial charge in [-0.3, -0.25) is 9.59 Å². The van der Waals surface area contributed by atoms with Gasteiger partial charge in [-0.25, -0.2) is 4.98 Å². The van der Waals surface area contributed by atoms with Crippen LogP contribution in [0.2, 0.25) is 0 Å². The first-order valence-electron chi connectivity index (χ1n) is 8.99. The summed E-state index contributed by atoms with van der Waals surface area (Å²) in [6, 6.07) is 15.9. The van der Waals surface area contributed by atoms with Crippen LogP contribution in [0.15, 0.2) is 64.5 Å². The average molecular weight is 411 g/mol. The fourth-order valence-corrected chi connectivity index (χ4v) is 3.26. The molecule has 1 amide bonds. The molecule has 3 aromatic rings. The Bertz CT molecular complexity index is 1030. The van der Waals surface area contributed by atoms with E-state index in [-0.39, 0.29) is 17.2 Å². The topological polar surface area (TPSA) is 93.3 Å². The summed E-state index contributed by atoms with van der Waals surface area (Å²) in [5, 5.41) is 3.19. The quantitative estimate of drug-likeness (QED) is 0.435. The first kappa shape index (κ1) is 20.5. The number of para-hydroxylation sites is 2. The predicted molar refractivity (Wildman–Crippen MR) is 114 cm³/mol. The summed E-state index contributed by atoms with van der Waals surface area (Å²) in [5.74, 6) is 1.20. The number of aromatic nitrogens is 2. The van der Waals surface area contributed by atoms with Crippen molar-refractivity contribution in [2.75, 3.05) is 24.8 Å². The molecule has 29 heavy (non-hydrogen) atoms. The van der Waals surface area contributed by atoms with Gasteiger partial charge in [0.05, 0.1) is 30.9 Å². The van der Waals surface area contributed by atoms with E-state index in [1.807, 2.05) is 31.2 Å². The van der Waals surface area contributed by atoms with Gasteiger partial charge in [0.15, 0.2) is 5.16 Å². The number of nitrogens with zero attached hydrogens (tertiary/aromatic N) is 1. The number of amides is 1. The van der Waals surface area contributed by atoms with Crippen LogP contribution in [0.4, 0.5) is 5.69 Å². The summed E-state index contributed by atoms with van der Waals surface area (Å²) in [4.78, 5) is 31.4. The lowest BCUT2D eigenvalue weighted by Crippen LogP contribution is -2.16. The molecule has 3 rings (SSSR count). The number of H-pyrrole nitrogens is 1. The number of hydrogen-bond acceptors (Lipinski definition) is 6. The zero-order valence-electron chi connectivity index (χ0n) is 16.1. The maximum atomic E-state index is 12.3. The second-order valence-corrected chi connectivity index (χ2v) is 6.89. The van der Waals surface area contributed by atoms with E-state index in [9.17, 15) is 9.59 Å². The van der Waals surface area contributed by atoms with Crippen LogP contribution < -0.4 is 20.3 Å². The largest absolute Gasteiger partial charge is 0.497 e. The zero-order valence-corrected chi connectivity index (χ0v) is 16.9. The molecule has 0 spiro atoms. The van der Waals surface area contributed by atoms with Crippen molar-refractivity contribution < 1.29 is 14.3 Å². The van der Waals surface area contributed by atoms with E-state index < -0.39 is 0 Å². The first-order chi connectivity index (χ1) is 14.1. The molecule has 0 aliphatic carbocycles. The van der Waals surface area contributed by atoms with Gasteiger partial charge in [0.1, 0.15) is 11.5 Å². The molecule has 0 aliphatic rings. The number of ether oxygens (including phenoxy) is 2. The highest BCUT2D eigenvalue weighted by Crippen LogP contribution is 2.25. The minimum Gasteiger partial charge on any atom is -0.497 e. The van der Waals surface area contributed by atoms with Gasteiger partial charge in [0.2, 0.25) is 5.91 Å². The molecular weight excluding hydrogens is 390 g/mol. The second-order valence-electron chi connectivity index (χ2n) is 5.93. The van der Waals surface area contributed by atoms with Crippen LogP contribution in [0.25, 0.3) is 11.3 Å². The highest BCUT2D eigenvalue weighted by atomic mass is 32.2. The van der Waals surface area contributed by atoms with Crippen molar-refractivity contribution in [3.05, 3.63) is 65.0 Å². The van der Waals surface area contributed by atoms with Gasteiger partial charge in [-0.15, -0.1) is 0 Å². The van der Waals surface area contributed by atoms with Gasteiger partial charge >= 0.3 is 0 Å². The van der Waals surface area contributed by atoms with E-state index in [4.69, 9.17) is 9.47 Å². The Kier molecular flexibility index (Phi) is 6.91. The molecule has 0 bridgehead atoms. The van der Waals surface area contributed by atoms with Crippen molar-refractivity contribution in [1.29, 1.82) is 0 Å². The summed E-state index contributed by atoms with van der Waals surface area (Å²) in [6.45, 7) is 2.39. The fourth-order valence-electron chi connectivity index (χ4n) is 2.58. The summed E-state index contributed by atoms with van der Waals surface area (Å²) in [5.41, 5.74) is 1.64. The van der Waals surface area contributed by atoms with Crippen LogP contribution in [-0.4, -0.2) is 35.3 Å². The molecule has 8 heteroatoms. The van der Waals surface area contributed by atoms with Gasteiger partial charge in [0.25, 0.3) is 5.56 Å². The number of hydrogen-bond donors (Lipinski definition) is 2. The standard InChI is InChI=1S/C21H21N3O4S/c1-3-28-18-7-5-4-6-16(18)22-20(26)13-29-21-23-17(12-19(25)24-21)14-8-10-15(27-2)11-9-14/h4-12H,3,13H2,1-2H3,(H,22,26)(H,23,24,25). The lowest BCUT2D eigenvalue weighted by atomic mass is 10.1. The lowest BCUT2D eigenvalue weighted by Gasteiger charge is -2.11. The van der Waals surface area contributed by atoms with E-state index in [1.165, 1.54) is 6.07 Å². The molecule has 0 saturated carbocycles. The van der Waals surface area contributed by atoms with Crippen molar-refractivity contribution in [3.63, 3.8) is 0 Å². The molecule has 0 aliphatic heterocycles. The van der Waals surface area contributed by atoms with Crippen LogP contribution >= 0.6 is 11.8 Å². The van der Waals surface area contributed by atoms with Gasteiger partial charge in [0, 0.05) is 11.6 Å². The lowest BCUT2D eigenvalue weighted by molar-refractivity contribution is -0.113. The Hall–Kier alpha value is -3.26. The predicted octanol–water partition coefficient (Wildman–Crippen LogP) is 3.58. The van der Waals surface area contributed by atoms with Crippen LogP contribution in [0.1, 0.15) is 6.92 Å².